The summed E-state index contributed by atoms with van der Waals surface area (Å²) < 4.78 is 6.65. The smallest absolute Gasteiger partial charge is 0.321 e. The van der Waals surface area contributed by atoms with E-state index in [1.165, 1.54) is 9.60 Å². The van der Waals surface area contributed by atoms with Crippen molar-refractivity contribution in [2.24, 2.45) is 0 Å². The minimum atomic E-state index is -0.0669. The standard InChI is InChI=1S/C21H24N4O2S2/c1-3-27-16-9-7-15(8-10-16)22-20(26)24-11-13-25(14-12-24)21-23-19-17(28-2)5-4-6-18(19)29-21/h4-10H,3,11-14H2,1-2H3,(H,22,26). The molecule has 8 heteroatoms. The molecule has 0 unspecified atom stereocenters. The van der Waals surface area contributed by atoms with Gasteiger partial charge in [0.2, 0.25) is 0 Å². The molecule has 1 aliphatic heterocycles. The van der Waals surface area contributed by atoms with Crippen LogP contribution in [0.4, 0.5) is 15.6 Å². The van der Waals surface area contributed by atoms with Gasteiger partial charge in [0.25, 0.3) is 0 Å². The largest absolute Gasteiger partial charge is 0.494 e. The monoisotopic (exact) mass is 428 g/mol. The van der Waals surface area contributed by atoms with Crippen molar-refractivity contribution in [3.63, 3.8) is 0 Å². The van der Waals surface area contributed by atoms with E-state index in [-0.39, 0.29) is 6.03 Å². The number of para-hydroxylation sites is 1. The molecule has 0 atom stereocenters. The van der Waals surface area contributed by atoms with Crippen LogP contribution >= 0.6 is 23.1 Å². The van der Waals surface area contributed by atoms with Gasteiger partial charge in [0.15, 0.2) is 5.13 Å². The molecular formula is C21H24N4O2S2. The average molecular weight is 429 g/mol. The Bertz CT molecular complexity index is 982. The number of amides is 2. The molecule has 0 saturated carbocycles. The van der Waals surface area contributed by atoms with Crippen LogP contribution in [0.5, 0.6) is 5.75 Å². The van der Waals surface area contributed by atoms with E-state index in [4.69, 9.17) is 9.72 Å². The second-order valence-corrected chi connectivity index (χ2v) is 8.52. The maximum absolute atomic E-state index is 12.6. The molecule has 2 amide bonds. The Morgan fingerprint density at radius 1 is 1.17 bits per heavy atom. The van der Waals surface area contributed by atoms with Crippen molar-refractivity contribution < 1.29 is 9.53 Å². The van der Waals surface area contributed by atoms with Crippen LogP contribution in [0, 0.1) is 0 Å². The van der Waals surface area contributed by atoms with Gasteiger partial charge in [0, 0.05) is 36.8 Å². The zero-order chi connectivity index (χ0) is 20.2. The molecule has 1 aromatic heterocycles. The van der Waals surface area contributed by atoms with Gasteiger partial charge in [0.1, 0.15) is 5.75 Å². The first-order valence-corrected chi connectivity index (χ1v) is 11.7. The minimum Gasteiger partial charge on any atom is -0.494 e. The number of hydrogen-bond acceptors (Lipinski definition) is 6. The third-order valence-electron chi connectivity index (χ3n) is 4.84. The number of aromatic nitrogens is 1. The van der Waals surface area contributed by atoms with Crippen molar-refractivity contribution >= 4 is 50.2 Å². The number of anilines is 2. The van der Waals surface area contributed by atoms with E-state index in [1.54, 1.807) is 23.1 Å². The van der Waals surface area contributed by atoms with Crippen LogP contribution in [0.1, 0.15) is 6.92 Å². The van der Waals surface area contributed by atoms with Gasteiger partial charge in [-0.3, -0.25) is 0 Å². The van der Waals surface area contributed by atoms with Crippen LogP contribution in [-0.4, -0.2) is 55.0 Å². The van der Waals surface area contributed by atoms with Gasteiger partial charge in [-0.1, -0.05) is 17.4 Å². The van der Waals surface area contributed by atoms with Gasteiger partial charge < -0.3 is 19.9 Å². The molecule has 1 aliphatic rings. The van der Waals surface area contributed by atoms with Crippen LogP contribution in [0.2, 0.25) is 0 Å². The normalized spacial score (nSPS) is 14.3. The van der Waals surface area contributed by atoms with Crippen molar-refractivity contribution in [3.8, 4) is 5.75 Å². The first kappa shape index (κ1) is 19.8. The number of rotatable bonds is 5. The lowest BCUT2D eigenvalue weighted by Crippen LogP contribution is -2.50. The van der Waals surface area contributed by atoms with Gasteiger partial charge >= 0.3 is 6.03 Å². The fourth-order valence-electron chi connectivity index (χ4n) is 3.32. The molecule has 6 nitrogen and oxygen atoms in total. The highest BCUT2D eigenvalue weighted by Gasteiger charge is 2.23. The summed E-state index contributed by atoms with van der Waals surface area (Å²) in [5, 5.41) is 4.00. The average Bonchev–Trinajstić information content (AvgIpc) is 3.20. The molecular weight excluding hydrogens is 404 g/mol. The summed E-state index contributed by atoms with van der Waals surface area (Å²) in [7, 11) is 0. The third kappa shape index (κ3) is 4.43. The second-order valence-electron chi connectivity index (χ2n) is 6.67. The Morgan fingerprint density at radius 2 is 1.93 bits per heavy atom. The Hall–Kier alpha value is -2.45. The molecule has 0 aliphatic carbocycles. The van der Waals surface area contributed by atoms with E-state index >= 15 is 0 Å². The number of fused-ring (bicyclic) bond motifs is 1. The van der Waals surface area contributed by atoms with E-state index in [1.807, 2.05) is 36.1 Å². The number of carbonyl (C=O) groups excluding carboxylic acids is 1. The van der Waals surface area contributed by atoms with Crippen LogP contribution in [0.25, 0.3) is 10.2 Å². The number of piperazine rings is 1. The summed E-state index contributed by atoms with van der Waals surface area (Å²) in [4.78, 5) is 22.8. The molecule has 3 aromatic rings. The number of urea groups is 1. The first-order chi connectivity index (χ1) is 14.2. The van der Waals surface area contributed by atoms with Crippen molar-refractivity contribution in [2.45, 2.75) is 11.8 Å². The lowest BCUT2D eigenvalue weighted by Gasteiger charge is -2.34. The highest BCUT2D eigenvalue weighted by Crippen LogP contribution is 2.34. The summed E-state index contributed by atoms with van der Waals surface area (Å²) in [6, 6.07) is 13.7. The summed E-state index contributed by atoms with van der Waals surface area (Å²) in [6.45, 7) is 5.49. The van der Waals surface area contributed by atoms with E-state index in [2.05, 4.69) is 34.7 Å². The molecule has 152 valence electrons. The highest BCUT2D eigenvalue weighted by molar-refractivity contribution is 7.98. The summed E-state index contributed by atoms with van der Waals surface area (Å²) in [5.41, 5.74) is 1.85. The highest BCUT2D eigenvalue weighted by atomic mass is 32.2. The predicted molar refractivity (Wildman–Crippen MR) is 122 cm³/mol. The van der Waals surface area contributed by atoms with Gasteiger partial charge in [-0.05, 0) is 49.6 Å². The molecule has 1 N–H and O–H groups in total. The fraction of sp³-hybridized carbons (Fsp3) is 0.333. The number of thioether (sulfide) groups is 1. The van der Waals surface area contributed by atoms with Gasteiger partial charge in [-0.25, -0.2) is 9.78 Å². The van der Waals surface area contributed by atoms with Crippen LogP contribution in [0.3, 0.4) is 0 Å². The number of ether oxygens (including phenoxy) is 1. The first-order valence-electron chi connectivity index (χ1n) is 9.65. The summed E-state index contributed by atoms with van der Waals surface area (Å²) in [5.74, 6) is 0.805. The fourth-order valence-corrected chi connectivity index (χ4v) is 4.99. The van der Waals surface area contributed by atoms with E-state index in [9.17, 15) is 4.79 Å². The molecule has 1 saturated heterocycles. The molecule has 0 bridgehead atoms. The van der Waals surface area contributed by atoms with Crippen LogP contribution in [0.15, 0.2) is 47.4 Å². The quantitative estimate of drug-likeness (QED) is 0.593. The van der Waals surface area contributed by atoms with E-state index < -0.39 is 0 Å². The lowest BCUT2D eigenvalue weighted by molar-refractivity contribution is 0.208. The second kappa shape index (κ2) is 8.92. The van der Waals surface area contributed by atoms with Crippen LogP contribution in [-0.2, 0) is 0 Å². The third-order valence-corrected chi connectivity index (χ3v) is 6.70. The van der Waals surface area contributed by atoms with Crippen molar-refractivity contribution in [1.82, 2.24) is 9.88 Å². The molecule has 2 aromatic carbocycles. The number of hydrogen-bond donors (Lipinski definition) is 1. The van der Waals surface area contributed by atoms with Gasteiger partial charge in [-0.2, -0.15) is 0 Å². The van der Waals surface area contributed by atoms with E-state index in [0.717, 1.165) is 35.2 Å². The summed E-state index contributed by atoms with van der Waals surface area (Å²) >= 11 is 3.44. The zero-order valence-electron chi connectivity index (χ0n) is 16.6. The topological polar surface area (TPSA) is 57.7 Å². The maximum Gasteiger partial charge on any atom is 0.321 e. The molecule has 29 heavy (non-hydrogen) atoms. The SMILES string of the molecule is CCOc1ccc(NC(=O)N2CCN(c3nc4c(SC)cccc4s3)CC2)cc1. The molecule has 4 rings (SSSR count). The van der Waals surface area contributed by atoms with E-state index in [0.29, 0.717) is 19.7 Å². The zero-order valence-corrected chi connectivity index (χ0v) is 18.2. The van der Waals surface area contributed by atoms with Gasteiger partial charge in [0.05, 0.1) is 16.8 Å². The Kier molecular flexibility index (Phi) is 6.10. The minimum absolute atomic E-state index is 0.0669. The predicted octanol–water partition coefficient (Wildman–Crippen LogP) is 4.77. The maximum atomic E-state index is 12.6. The van der Waals surface area contributed by atoms with Crippen molar-refractivity contribution in [2.75, 3.05) is 49.3 Å². The Morgan fingerprint density at radius 3 is 2.62 bits per heavy atom. The molecule has 2 heterocycles. The number of nitrogens with one attached hydrogen (secondary N) is 1. The van der Waals surface area contributed by atoms with Crippen LogP contribution < -0.4 is 15.0 Å². The summed E-state index contributed by atoms with van der Waals surface area (Å²) in [6.07, 6.45) is 2.08. The van der Waals surface area contributed by atoms with Crippen molar-refractivity contribution in [1.29, 1.82) is 0 Å². The van der Waals surface area contributed by atoms with Crippen molar-refractivity contribution in [3.05, 3.63) is 42.5 Å². The number of carbonyl (C=O) groups is 1. The lowest BCUT2D eigenvalue weighted by atomic mass is 10.3. The number of nitrogens with zero attached hydrogens (tertiary/aromatic N) is 3. The number of thiazole rings is 1. The number of benzene rings is 2. The Balaban J connectivity index is 1.36. The molecule has 0 radical (unpaired) electrons. The Labute approximate surface area is 178 Å². The molecule has 0 spiro atoms. The van der Waals surface area contributed by atoms with Gasteiger partial charge in [-0.15, -0.1) is 11.8 Å². The molecule has 1 fully saturated rings.